The third-order valence-corrected chi connectivity index (χ3v) is 5.74. The topological polar surface area (TPSA) is 73.0 Å². The first-order valence-electron chi connectivity index (χ1n) is 10.2. The number of hydrogen-bond donors (Lipinski definition) is 1. The molecular formula is C22H23F3N4O2. The fourth-order valence-corrected chi connectivity index (χ4v) is 3.68. The normalized spacial score (nSPS) is 14.5. The molecule has 0 spiro atoms. The third kappa shape index (κ3) is 4.50. The SMILES string of the molecule is Cc1cc(-c2nnc(C3CCC3)o2)c(C)n1CC(=O)NCc1cccc(C(F)(F)F)c1. The van der Waals surface area contributed by atoms with E-state index in [0.29, 0.717) is 23.3 Å². The van der Waals surface area contributed by atoms with Crippen LogP contribution in [0, 0.1) is 13.8 Å². The van der Waals surface area contributed by atoms with Crippen molar-refractivity contribution in [1.29, 1.82) is 0 Å². The van der Waals surface area contributed by atoms with E-state index >= 15 is 0 Å². The smallest absolute Gasteiger partial charge is 0.416 e. The van der Waals surface area contributed by atoms with Gasteiger partial charge in [0.15, 0.2) is 0 Å². The maximum absolute atomic E-state index is 12.8. The van der Waals surface area contributed by atoms with Gasteiger partial charge in [-0.3, -0.25) is 4.79 Å². The van der Waals surface area contributed by atoms with Gasteiger partial charge in [0.2, 0.25) is 17.7 Å². The molecule has 3 aromatic rings. The van der Waals surface area contributed by atoms with Crippen molar-refractivity contribution in [3.63, 3.8) is 0 Å². The van der Waals surface area contributed by atoms with Crippen LogP contribution in [0.5, 0.6) is 0 Å². The van der Waals surface area contributed by atoms with Gasteiger partial charge in [-0.1, -0.05) is 18.6 Å². The molecule has 0 saturated heterocycles. The molecule has 31 heavy (non-hydrogen) atoms. The zero-order valence-electron chi connectivity index (χ0n) is 17.3. The molecule has 1 N–H and O–H groups in total. The summed E-state index contributed by atoms with van der Waals surface area (Å²) in [6, 6.07) is 6.83. The van der Waals surface area contributed by atoms with Gasteiger partial charge in [-0.25, -0.2) is 0 Å². The van der Waals surface area contributed by atoms with Crippen molar-refractivity contribution < 1.29 is 22.4 Å². The second kappa shape index (κ2) is 8.20. The maximum atomic E-state index is 12.8. The number of alkyl halides is 3. The van der Waals surface area contributed by atoms with Crippen molar-refractivity contribution in [3.8, 4) is 11.5 Å². The van der Waals surface area contributed by atoms with Gasteiger partial charge >= 0.3 is 6.18 Å². The average molecular weight is 432 g/mol. The highest BCUT2D eigenvalue weighted by atomic mass is 19.4. The van der Waals surface area contributed by atoms with E-state index < -0.39 is 11.7 Å². The number of aromatic nitrogens is 3. The first kappa shape index (κ1) is 21.1. The fourth-order valence-electron chi connectivity index (χ4n) is 3.68. The Labute approximate surface area is 177 Å². The van der Waals surface area contributed by atoms with Crippen molar-refractivity contribution in [2.45, 2.75) is 58.3 Å². The zero-order chi connectivity index (χ0) is 22.2. The molecule has 164 valence electrons. The summed E-state index contributed by atoms with van der Waals surface area (Å²) < 4.78 is 46.2. The second-order valence-corrected chi connectivity index (χ2v) is 7.92. The first-order valence-corrected chi connectivity index (χ1v) is 10.2. The summed E-state index contributed by atoms with van der Waals surface area (Å²) >= 11 is 0. The van der Waals surface area contributed by atoms with Gasteiger partial charge < -0.3 is 14.3 Å². The molecule has 0 atom stereocenters. The zero-order valence-corrected chi connectivity index (χ0v) is 17.3. The summed E-state index contributed by atoms with van der Waals surface area (Å²) in [5.41, 5.74) is 2.10. The Morgan fingerprint density at radius 3 is 2.68 bits per heavy atom. The van der Waals surface area contributed by atoms with Gasteiger partial charge in [0.05, 0.1) is 11.1 Å². The standard InChI is InChI=1S/C22H23F3N4O2/c1-13-9-18(21-28-27-20(31-21)16-6-4-7-16)14(2)29(13)12-19(30)26-11-15-5-3-8-17(10-15)22(23,24)25/h3,5,8-10,16H,4,6-7,11-12H2,1-2H3,(H,26,30). The molecule has 0 aliphatic heterocycles. The van der Waals surface area contributed by atoms with E-state index in [0.717, 1.165) is 41.9 Å². The van der Waals surface area contributed by atoms with Crippen LogP contribution in [0.15, 0.2) is 34.7 Å². The fraction of sp³-hybridized carbons (Fsp3) is 0.409. The lowest BCUT2D eigenvalue weighted by atomic mass is 9.85. The van der Waals surface area contributed by atoms with E-state index in [1.165, 1.54) is 12.5 Å². The van der Waals surface area contributed by atoms with Crippen LogP contribution in [-0.4, -0.2) is 20.7 Å². The van der Waals surface area contributed by atoms with Gasteiger partial charge in [0.1, 0.15) is 6.54 Å². The summed E-state index contributed by atoms with van der Waals surface area (Å²) in [6.45, 7) is 3.80. The molecule has 1 amide bonds. The Balaban J connectivity index is 1.42. The quantitative estimate of drug-likeness (QED) is 0.610. The van der Waals surface area contributed by atoms with E-state index in [1.807, 2.05) is 24.5 Å². The molecule has 1 aliphatic rings. The van der Waals surface area contributed by atoms with Gasteiger partial charge in [-0.15, -0.1) is 10.2 Å². The van der Waals surface area contributed by atoms with E-state index in [-0.39, 0.29) is 19.0 Å². The van der Waals surface area contributed by atoms with E-state index in [2.05, 4.69) is 15.5 Å². The van der Waals surface area contributed by atoms with Gasteiger partial charge in [0, 0.05) is 23.9 Å². The molecule has 9 heteroatoms. The van der Waals surface area contributed by atoms with Gasteiger partial charge in [-0.05, 0) is 50.5 Å². The van der Waals surface area contributed by atoms with Crippen molar-refractivity contribution in [3.05, 3.63) is 58.7 Å². The third-order valence-electron chi connectivity index (χ3n) is 5.74. The number of nitrogens with zero attached hydrogens (tertiary/aromatic N) is 3. The van der Waals surface area contributed by atoms with Crippen LogP contribution < -0.4 is 5.32 Å². The molecule has 0 radical (unpaired) electrons. The van der Waals surface area contributed by atoms with E-state index in [4.69, 9.17) is 4.42 Å². The lowest BCUT2D eigenvalue weighted by Crippen LogP contribution is -2.28. The van der Waals surface area contributed by atoms with Crippen LogP contribution in [0.3, 0.4) is 0 Å². The molecule has 2 heterocycles. The highest BCUT2D eigenvalue weighted by Crippen LogP contribution is 2.37. The average Bonchev–Trinajstić information content (AvgIpc) is 3.25. The minimum Gasteiger partial charge on any atom is -0.420 e. The largest absolute Gasteiger partial charge is 0.420 e. The molecule has 2 aromatic heterocycles. The Kier molecular flexibility index (Phi) is 5.60. The van der Waals surface area contributed by atoms with Crippen molar-refractivity contribution >= 4 is 5.91 Å². The van der Waals surface area contributed by atoms with E-state index in [9.17, 15) is 18.0 Å². The van der Waals surface area contributed by atoms with Crippen molar-refractivity contribution in [2.75, 3.05) is 0 Å². The minimum absolute atomic E-state index is 0.0172. The highest BCUT2D eigenvalue weighted by molar-refractivity contribution is 5.76. The molecule has 1 saturated carbocycles. The van der Waals surface area contributed by atoms with Crippen LogP contribution in [-0.2, 0) is 24.1 Å². The Morgan fingerprint density at radius 1 is 1.23 bits per heavy atom. The number of amides is 1. The van der Waals surface area contributed by atoms with Crippen LogP contribution in [0.4, 0.5) is 13.2 Å². The number of nitrogens with one attached hydrogen (secondary N) is 1. The lowest BCUT2D eigenvalue weighted by molar-refractivity contribution is -0.137. The molecule has 1 fully saturated rings. The molecule has 0 unspecified atom stereocenters. The number of carbonyl (C=O) groups excluding carboxylic acids is 1. The Bertz CT molecular complexity index is 1100. The summed E-state index contributed by atoms with van der Waals surface area (Å²) in [5, 5.41) is 11.0. The molecular weight excluding hydrogens is 409 g/mol. The first-order chi connectivity index (χ1) is 14.7. The van der Waals surface area contributed by atoms with Crippen molar-refractivity contribution in [1.82, 2.24) is 20.1 Å². The monoisotopic (exact) mass is 432 g/mol. The predicted octanol–water partition coefficient (Wildman–Crippen LogP) is 4.76. The van der Waals surface area contributed by atoms with Crippen molar-refractivity contribution in [2.24, 2.45) is 0 Å². The summed E-state index contributed by atoms with van der Waals surface area (Å²) in [4.78, 5) is 12.5. The number of hydrogen-bond acceptors (Lipinski definition) is 4. The maximum Gasteiger partial charge on any atom is 0.416 e. The summed E-state index contributed by atoms with van der Waals surface area (Å²) in [6.07, 6.45) is -1.12. The lowest BCUT2D eigenvalue weighted by Gasteiger charge is -2.20. The number of aryl methyl sites for hydroxylation is 1. The van der Waals surface area contributed by atoms with Crippen LogP contribution in [0.25, 0.3) is 11.5 Å². The van der Waals surface area contributed by atoms with Crippen LogP contribution >= 0.6 is 0 Å². The molecule has 1 aliphatic carbocycles. The molecule has 4 rings (SSSR count). The Morgan fingerprint density at radius 2 is 2.00 bits per heavy atom. The number of benzene rings is 1. The molecule has 1 aromatic carbocycles. The predicted molar refractivity (Wildman–Crippen MR) is 107 cm³/mol. The number of carbonyl (C=O) groups is 1. The summed E-state index contributed by atoms with van der Waals surface area (Å²) in [5.74, 6) is 1.13. The van der Waals surface area contributed by atoms with Crippen LogP contribution in [0.1, 0.15) is 53.6 Å². The highest BCUT2D eigenvalue weighted by Gasteiger charge is 2.30. The van der Waals surface area contributed by atoms with Crippen LogP contribution in [0.2, 0.25) is 0 Å². The minimum atomic E-state index is -4.41. The number of rotatable bonds is 6. The summed E-state index contributed by atoms with van der Waals surface area (Å²) in [7, 11) is 0. The van der Waals surface area contributed by atoms with E-state index in [1.54, 1.807) is 6.07 Å². The molecule has 6 nitrogen and oxygen atoms in total. The Hall–Kier alpha value is -3.10. The van der Waals surface area contributed by atoms with Gasteiger partial charge in [-0.2, -0.15) is 13.2 Å². The second-order valence-electron chi connectivity index (χ2n) is 7.92. The van der Waals surface area contributed by atoms with Gasteiger partial charge in [0.25, 0.3) is 0 Å². The number of halogens is 3. The molecule has 0 bridgehead atoms.